The molecule has 27 heavy (non-hydrogen) atoms. The van der Waals surface area contributed by atoms with Crippen molar-refractivity contribution in [2.45, 2.75) is 63.1 Å². The van der Waals surface area contributed by atoms with Crippen LogP contribution in [0.4, 0.5) is 17.6 Å². The van der Waals surface area contributed by atoms with Crippen LogP contribution in [0.3, 0.4) is 0 Å². The largest absolute Gasteiger partial charge is 0.206 e. The minimum Gasteiger partial charge on any atom is -0.206 e. The van der Waals surface area contributed by atoms with Crippen LogP contribution in [0.1, 0.15) is 50.5 Å². The van der Waals surface area contributed by atoms with Crippen molar-refractivity contribution in [1.29, 1.82) is 0 Å². The molecule has 0 aliphatic carbocycles. The molecule has 0 bridgehead atoms. The highest BCUT2D eigenvalue weighted by molar-refractivity contribution is 6.59. The fraction of sp³-hybridized carbons (Fsp3) is 0.455. The van der Waals surface area contributed by atoms with Crippen LogP contribution >= 0.6 is 0 Å². The van der Waals surface area contributed by atoms with E-state index in [9.17, 15) is 17.6 Å². The average molecular weight is 395 g/mol. The molecule has 1 aliphatic rings. The molecule has 2 aromatic carbocycles. The maximum absolute atomic E-state index is 14.6. The van der Waals surface area contributed by atoms with Gasteiger partial charge in [0.05, 0.1) is 0 Å². The molecule has 1 aliphatic heterocycles. The molecule has 146 valence electrons. The zero-order valence-electron chi connectivity index (χ0n) is 15.7. The Morgan fingerprint density at radius 2 is 1.56 bits per heavy atom. The highest BCUT2D eigenvalue weighted by atomic mass is 28.3. The van der Waals surface area contributed by atoms with Crippen molar-refractivity contribution in [3.8, 4) is 11.1 Å². The van der Waals surface area contributed by atoms with Gasteiger partial charge in [0, 0.05) is 14.4 Å². The molecule has 0 radical (unpaired) electrons. The predicted octanol–water partition coefficient (Wildman–Crippen LogP) is 7.20. The first-order valence-corrected chi connectivity index (χ1v) is 12.4. The minimum atomic E-state index is -1.53. The summed E-state index contributed by atoms with van der Waals surface area (Å²) >= 11 is 0. The quantitative estimate of drug-likeness (QED) is 0.210. The van der Waals surface area contributed by atoms with Gasteiger partial charge < -0.3 is 0 Å². The number of benzene rings is 2. The molecule has 0 aromatic heterocycles. The second-order valence-corrected chi connectivity index (χ2v) is 11.2. The van der Waals surface area contributed by atoms with Crippen LogP contribution in [-0.4, -0.2) is 8.80 Å². The molecule has 3 rings (SSSR count). The first kappa shape index (κ1) is 20.1. The van der Waals surface area contributed by atoms with E-state index < -0.39 is 32.1 Å². The van der Waals surface area contributed by atoms with Crippen LogP contribution in [0.15, 0.2) is 30.3 Å². The Bertz CT molecular complexity index is 759. The van der Waals surface area contributed by atoms with Gasteiger partial charge in [-0.25, -0.2) is 17.6 Å². The summed E-state index contributed by atoms with van der Waals surface area (Å²) in [6, 6.07) is 10.6. The molecule has 1 saturated heterocycles. The third kappa shape index (κ3) is 4.81. The normalized spacial score (nSPS) is 20.0. The zero-order valence-corrected chi connectivity index (χ0v) is 16.9. The second-order valence-electron chi connectivity index (χ2n) is 7.71. The molecule has 5 heteroatoms. The number of unbranched alkanes of at least 4 members (excludes halogenated alkanes) is 2. The highest BCUT2D eigenvalue weighted by Crippen LogP contribution is 2.37. The Hall–Kier alpha value is -1.62. The number of hydrogen-bond acceptors (Lipinski definition) is 0. The summed E-state index contributed by atoms with van der Waals surface area (Å²) in [5, 5.41) is 0. The number of hydrogen-bond donors (Lipinski definition) is 0. The van der Waals surface area contributed by atoms with Crippen LogP contribution in [0.25, 0.3) is 11.1 Å². The summed E-state index contributed by atoms with van der Waals surface area (Å²) in [6.45, 7) is 2.23. The Morgan fingerprint density at radius 3 is 2.15 bits per heavy atom. The van der Waals surface area contributed by atoms with Gasteiger partial charge in [0.2, 0.25) is 0 Å². The average Bonchev–Trinajstić information content (AvgIpc) is 2.66. The van der Waals surface area contributed by atoms with Gasteiger partial charge in [-0.1, -0.05) is 56.5 Å². The molecule has 0 amide bonds. The van der Waals surface area contributed by atoms with E-state index in [-0.39, 0.29) is 11.1 Å². The Kier molecular flexibility index (Phi) is 6.74. The fourth-order valence-corrected chi connectivity index (χ4v) is 7.68. The maximum Gasteiger partial charge on any atom is 0.194 e. The van der Waals surface area contributed by atoms with E-state index in [4.69, 9.17) is 0 Å². The van der Waals surface area contributed by atoms with Crippen LogP contribution in [0.2, 0.25) is 18.1 Å². The fourth-order valence-electron chi connectivity index (χ4n) is 4.20. The number of rotatable bonds is 6. The summed E-state index contributed by atoms with van der Waals surface area (Å²) < 4.78 is 54.6. The smallest absolute Gasteiger partial charge is 0.194 e. The van der Waals surface area contributed by atoms with E-state index >= 15 is 0 Å². The summed E-state index contributed by atoms with van der Waals surface area (Å²) in [4.78, 5) is 0. The summed E-state index contributed by atoms with van der Waals surface area (Å²) in [5.74, 6) is -4.29. The Morgan fingerprint density at radius 1 is 0.889 bits per heavy atom. The van der Waals surface area contributed by atoms with Gasteiger partial charge in [0.1, 0.15) is 5.82 Å². The van der Waals surface area contributed by atoms with Crippen molar-refractivity contribution in [2.24, 2.45) is 0 Å². The third-order valence-electron chi connectivity index (χ3n) is 5.82. The molecule has 0 spiro atoms. The van der Waals surface area contributed by atoms with E-state index in [1.165, 1.54) is 43.5 Å². The van der Waals surface area contributed by atoms with Crippen molar-refractivity contribution < 1.29 is 17.6 Å². The van der Waals surface area contributed by atoms with Crippen LogP contribution < -0.4 is 0 Å². The van der Waals surface area contributed by atoms with Gasteiger partial charge in [-0.2, -0.15) is 0 Å². The topological polar surface area (TPSA) is 0 Å². The lowest BCUT2D eigenvalue weighted by atomic mass is 9.91. The van der Waals surface area contributed by atoms with E-state index in [1.807, 2.05) is 6.07 Å². The molecular formula is C22H26F4Si. The molecule has 0 unspecified atom stereocenters. The molecule has 1 fully saturated rings. The lowest BCUT2D eigenvalue weighted by Crippen LogP contribution is -2.20. The van der Waals surface area contributed by atoms with Crippen molar-refractivity contribution in [2.75, 3.05) is 0 Å². The van der Waals surface area contributed by atoms with Crippen molar-refractivity contribution in [1.82, 2.24) is 0 Å². The van der Waals surface area contributed by atoms with Crippen molar-refractivity contribution >= 4 is 8.80 Å². The molecule has 0 atom stereocenters. The SMILES string of the molecule is CCCCC[SiH]1CCC(c2ccc(-c3cc(F)c(F)c(F)c3)c(F)c2)CC1. The summed E-state index contributed by atoms with van der Waals surface area (Å²) in [5.41, 5.74) is 1.07. The van der Waals surface area contributed by atoms with Gasteiger partial charge in [-0.15, -0.1) is 0 Å². The van der Waals surface area contributed by atoms with Crippen LogP contribution in [0, 0.1) is 23.3 Å². The van der Waals surface area contributed by atoms with E-state index in [1.54, 1.807) is 6.07 Å². The Balaban J connectivity index is 1.69. The Labute approximate surface area is 160 Å². The van der Waals surface area contributed by atoms with Crippen LogP contribution in [-0.2, 0) is 0 Å². The van der Waals surface area contributed by atoms with Gasteiger partial charge in [0.25, 0.3) is 0 Å². The lowest BCUT2D eigenvalue weighted by molar-refractivity contribution is 0.447. The standard InChI is InChI=1S/C22H26F4Si/c1-2-3-4-9-27-10-7-15(8-11-27)16-5-6-18(19(23)12-16)17-13-20(24)22(26)21(25)14-17/h5-6,12-15,27H,2-4,7-11H2,1H3. The predicted molar refractivity (Wildman–Crippen MR) is 105 cm³/mol. The molecule has 0 N–H and O–H groups in total. The van der Waals surface area contributed by atoms with Gasteiger partial charge >= 0.3 is 0 Å². The molecule has 0 nitrogen and oxygen atoms in total. The molecule has 1 heterocycles. The molecule has 0 saturated carbocycles. The van der Waals surface area contributed by atoms with E-state index in [2.05, 4.69) is 6.92 Å². The van der Waals surface area contributed by atoms with Gasteiger partial charge in [-0.05, 0) is 48.1 Å². The highest BCUT2D eigenvalue weighted by Gasteiger charge is 2.24. The number of halogens is 4. The van der Waals surface area contributed by atoms with Crippen molar-refractivity contribution in [3.63, 3.8) is 0 Å². The summed E-state index contributed by atoms with van der Waals surface area (Å²) in [7, 11) is -0.620. The van der Waals surface area contributed by atoms with E-state index in [0.29, 0.717) is 5.92 Å². The lowest BCUT2D eigenvalue weighted by Gasteiger charge is -2.28. The summed E-state index contributed by atoms with van der Waals surface area (Å²) in [6.07, 6.45) is 6.16. The van der Waals surface area contributed by atoms with E-state index in [0.717, 1.165) is 30.5 Å². The third-order valence-corrected chi connectivity index (χ3v) is 9.35. The van der Waals surface area contributed by atoms with Crippen molar-refractivity contribution in [3.05, 3.63) is 59.2 Å². The van der Waals surface area contributed by atoms with Gasteiger partial charge in [0.15, 0.2) is 17.5 Å². The van der Waals surface area contributed by atoms with Gasteiger partial charge in [-0.3, -0.25) is 0 Å². The van der Waals surface area contributed by atoms with Crippen LogP contribution in [0.5, 0.6) is 0 Å². The zero-order chi connectivity index (χ0) is 19.4. The monoisotopic (exact) mass is 394 g/mol. The second kappa shape index (κ2) is 9.05. The molecular weight excluding hydrogens is 368 g/mol. The minimum absolute atomic E-state index is 0.0162. The first-order valence-electron chi connectivity index (χ1n) is 9.94. The molecule has 2 aromatic rings. The maximum atomic E-state index is 14.6. The first-order chi connectivity index (χ1) is 13.0.